The minimum Gasteiger partial charge on any atom is -0.497 e. The van der Waals surface area contributed by atoms with Crippen LogP contribution in [0, 0.1) is 5.82 Å². The van der Waals surface area contributed by atoms with Crippen molar-refractivity contribution in [1.82, 2.24) is 9.80 Å². The lowest BCUT2D eigenvalue weighted by molar-refractivity contribution is 0.0841. The Morgan fingerprint density at radius 3 is 2.83 bits per heavy atom. The molecule has 1 atom stereocenters. The number of fused-ring (bicyclic) bond motifs is 1. The van der Waals surface area contributed by atoms with Crippen LogP contribution in [0.25, 0.3) is 0 Å². The number of nitrogens with zero attached hydrogens (tertiary/aromatic N) is 2. The minimum atomic E-state index is -0.242. The van der Waals surface area contributed by atoms with Gasteiger partial charge in [0, 0.05) is 49.4 Å². The number of likely N-dealkylation sites (tertiary alicyclic amines) is 1. The first kappa shape index (κ1) is 21.1. The number of hydrogen-bond acceptors (Lipinski definition) is 5. The number of rotatable bonds is 6. The molecule has 30 heavy (non-hydrogen) atoms. The highest BCUT2D eigenvalue weighted by Gasteiger charge is 2.23. The molecule has 2 aliphatic rings. The van der Waals surface area contributed by atoms with E-state index in [-0.39, 0.29) is 18.5 Å². The zero-order valence-corrected chi connectivity index (χ0v) is 17.6. The number of aliphatic hydroxyl groups is 1. The minimum absolute atomic E-state index is 0.218. The highest BCUT2D eigenvalue weighted by atomic mass is 19.1. The third-order valence-corrected chi connectivity index (χ3v) is 6.18. The van der Waals surface area contributed by atoms with Crippen LogP contribution in [0.4, 0.5) is 4.39 Å². The Balaban J connectivity index is 1.47. The number of benzene rings is 2. The van der Waals surface area contributed by atoms with Gasteiger partial charge in [-0.15, -0.1) is 0 Å². The Bertz CT molecular complexity index is 860. The molecule has 1 unspecified atom stereocenters. The molecule has 0 spiro atoms. The van der Waals surface area contributed by atoms with Gasteiger partial charge >= 0.3 is 0 Å². The second-order valence-corrected chi connectivity index (χ2v) is 8.26. The van der Waals surface area contributed by atoms with E-state index in [2.05, 4.69) is 28.0 Å². The topological polar surface area (TPSA) is 45.2 Å². The van der Waals surface area contributed by atoms with E-state index in [1.54, 1.807) is 19.2 Å². The van der Waals surface area contributed by atoms with E-state index in [1.807, 2.05) is 0 Å². The molecule has 2 aliphatic heterocycles. The van der Waals surface area contributed by atoms with Gasteiger partial charge in [-0.25, -0.2) is 4.39 Å². The molecule has 2 aromatic rings. The summed E-state index contributed by atoms with van der Waals surface area (Å²) in [5.74, 6) is 1.20. The Hall–Kier alpha value is -2.15. The van der Waals surface area contributed by atoms with Crippen molar-refractivity contribution in [2.24, 2.45) is 0 Å². The number of piperidine rings is 1. The summed E-state index contributed by atoms with van der Waals surface area (Å²) in [5, 5.41) is 9.69. The molecule has 0 bridgehead atoms. The second-order valence-electron chi connectivity index (χ2n) is 8.26. The lowest BCUT2D eigenvalue weighted by Crippen LogP contribution is -2.41. The largest absolute Gasteiger partial charge is 0.497 e. The van der Waals surface area contributed by atoms with Crippen LogP contribution >= 0.6 is 0 Å². The molecule has 162 valence electrons. The zero-order chi connectivity index (χ0) is 20.9. The third kappa shape index (κ3) is 4.94. The van der Waals surface area contributed by atoms with Crippen molar-refractivity contribution >= 4 is 0 Å². The second kappa shape index (κ2) is 9.77. The molecule has 0 aliphatic carbocycles. The Kier molecular flexibility index (Phi) is 6.87. The molecule has 1 N–H and O–H groups in total. The number of hydrogen-bond donors (Lipinski definition) is 1. The summed E-state index contributed by atoms with van der Waals surface area (Å²) in [6, 6.07) is 11.7. The molecule has 0 saturated carbocycles. The molecular formula is C24H31FN2O3. The van der Waals surface area contributed by atoms with Crippen molar-refractivity contribution < 1.29 is 19.0 Å². The van der Waals surface area contributed by atoms with Crippen molar-refractivity contribution in [3.05, 3.63) is 58.9 Å². The molecule has 1 saturated heterocycles. The van der Waals surface area contributed by atoms with Crippen molar-refractivity contribution in [2.75, 3.05) is 33.4 Å². The molecular weight excluding hydrogens is 383 g/mol. The quantitative estimate of drug-likeness (QED) is 0.783. The van der Waals surface area contributed by atoms with Crippen LogP contribution in [-0.4, -0.2) is 54.4 Å². The highest BCUT2D eigenvalue weighted by Crippen LogP contribution is 2.28. The van der Waals surface area contributed by atoms with Gasteiger partial charge in [-0.2, -0.15) is 0 Å². The van der Waals surface area contributed by atoms with E-state index in [1.165, 1.54) is 24.5 Å². The van der Waals surface area contributed by atoms with Crippen molar-refractivity contribution in [3.63, 3.8) is 0 Å². The van der Waals surface area contributed by atoms with Crippen molar-refractivity contribution in [3.8, 4) is 11.5 Å². The average Bonchev–Trinajstić information content (AvgIpc) is 2.97. The zero-order valence-electron chi connectivity index (χ0n) is 17.6. The van der Waals surface area contributed by atoms with E-state index < -0.39 is 0 Å². The van der Waals surface area contributed by atoms with Gasteiger partial charge in [0.25, 0.3) is 0 Å². The summed E-state index contributed by atoms with van der Waals surface area (Å²) < 4.78 is 25.5. The first-order valence-electron chi connectivity index (χ1n) is 10.8. The first-order chi connectivity index (χ1) is 14.7. The summed E-state index contributed by atoms with van der Waals surface area (Å²) in [7, 11) is 1.54. The maximum Gasteiger partial charge on any atom is 0.131 e. The molecule has 5 nitrogen and oxygen atoms in total. The van der Waals surface area contributed by atoms with Gasteiger partial charge in [0.2, 0.25) is 0 Å². The van der Waals surface area contributed by atoms with E-state index in [4.69, 9.17) is 9.47 Å². The van der Waals surface area contributed by atoms with Gasteiger partial charge < -0.3 is 14.6 Å². The molecule has 1 fully saturated rings. The molecule has 4 rings (SSSR count). The van der Waals surface area contributed by atoms with Crippen molar-refractivity contribution in [2.45, 2.75) is 44.9 Å². The van der Waals surface area contributed by atoms with Gasteiger partial charge in [0.15, 0.2) is 0 Å². The maximum absolute atomic E-state index is 14.4. The standard InChI is InChI=1S/C24H31FN2O3/c1-29-22-7-6-19(23(25)13-22)15-26-10-11-30-24-8-5-18(12-20(24)16-26)14-27-9-3-2-4-21(27)17-28/h5-8,12-13,21,28H,2-4,9-11,14-17H2,1H3. The fourth-order valence-electron chi connectivity index (χ4n) is 4.47. The summed E-state index contributed by atoms with van der Waals surface area (Å²) in [6.07, 6.45) is 3.44. The predicted octanol–water partition coefficient (Wildman–Crippen LogP) is 3.58. The smallest absolute Gasteiger partial charge is 0.131 e. The van der Waals surface area contributed by atoms with E-state index in [0.29, 0.717) is 24.5 Å². The Labute approximate surface area is 178 Å². The average molecular weight is 415 g/mol. The molecule has 0 aromatic heterocycles. The fourth-order valence-corrected chi connectivity index (χ4v) is 4.47. The normalized spacial score (nSPS) is 20.3. The van der Waals surface area contributed by atoms with E-state index >= 15 is 0 Å². The summed E-state index contributed by atoms with van der Waals surface area (Å²) in [6.45, 7) is 4.67. The van der Waals surface area contributed by atoms with Crippen LogP contribution in [0.2, 0.25) is 0 Å². The van der Waals surface area contributed by atoms with Gasteiger partial charge in [-0.05, 0) is 43.1 Å². The van der Waals surface area contributed by atoms with E-state index in [9.17, 15) is 9.50 Å². The van der Waals surface area contributed by atoms with Crippen LogP contribution in [0.5, 0.6) is 11.5 Å². The highest BCUT2D eigenvalue weighted by molar-refractivity contribution is 5.38. The van der Waals surface area contributed by atoms with Gasteiger partial charge in [-0.1, -0.05) is 18.6 Å². The summed E-state index contributed by atoms with van der Waals surface area (Å²) in [5.41, 5.74) is 3.03. The summed E-state index contributed by atoms with van der Waals surface area (Å²) >= 11 is 0. The van der Waals surface area contributed by atoms with Crippen LogP contribution in [0.3, 0.4) is 0 Å². The number of methoxy groups -OCH3 is 1. The fraction of sp³-hybridized carbons (Fsp3) is 0.500. The van der Waals surface area contributed by atoms with Crippen LogP contribution < -0.4 is 9.47 Å². The lowest BCUT2D eigenvalue weighted by Gasteiger charge is -2.34. The van der Waals surface area contributed by atoms with Gasteiger partial charge in [0.05, 0.1) is 13.7 Å². The maximum atomic E-state index is 14.4. The monoisotopic (exact) mass is 414 g/mol. The number of halogens is 1. The lowest BCUT2D eigenvalue weighted by atomic mass is 10.0. The van der Waals surface area contributed by atoms with E-state index in [0.717, 1.165) is 43.9 Å². The molecule has 2 heterocycles. The first-order valence-corrected chi connectivity index (χ1v) is 10.8. The van der Waals surface area contributed by atoms with Gasteiger partial charge in [-0.3, -0.25) is 9.80 Å². The number of ether oxygens (including phenoxy) is 2. The Morgan fingerprint density at radius 1 is 1.13 bits per heavy atom. The third-order valence-electron chi connectivity index (χ3n) is 6.18. The molecule has 2 aromatic carbocycles. The van der Waals surface area contributed by atoms with Crippen LogP contribution in [0.1, 0.15) is 36.0 Å². The van der Waals surface area contributed by atoms with Gasteiger partial charge in [0.1, 0.15) is 23.9 Å². The SMILES string of the molecule is COc1ccc(CN2CCOc3ccc(CN4CCCCC4CO)cc3C2)c(F)c1. The molecule has 0 amide bonds. The van der Waals surface area contributed by atoms with Crippen molar-refractivity contribution in [1.29, 1.82) is 0 Å². The Morgan fingerprint density at radius 2 is 2.03 bits per heavy atom. The summed E-state index contributed by atoms with van der Waals surface area (Å²) in [4.78, 5) is 4.60. The van der Waals surface area contributed by atoms with Crippen LogP contribution in [0.15, 0.2) is 36.4 Å². The molecule has 0 radical (unpaired) electrons. The predicted molar refractivity (Wildman–Crippen MR) is 114 cm³/mol. The van der Waals surface area contributed by atoms with Crippen LogP contribution in [-0.2, 0) is 19.6 Å². The molecule has 6 heteroatoms. The number of aliphatic hydroxyl groups excluding tert-OH is 1.